The molecule has 2 heterocycles. The number of rotatable bonds is 13. The maximum Gasteiger partial charge on any atom is 0.303 e. The summed E-state index contributed by atoms with van der Waals surface area (Å²) in [7, 11) is 0. The maximum atomic E-state index is 11.1. The molecule has 2 aromatic rings. The summed E-state index contributed by atoms with van der Waals surface area (Å²) in [6, 6.07) is 17.0. The van der Waals surface area contributed by atoms with Gasteiger partial charge < -0.3 is 15.1 Å². The highest BCUT2D eigenvalue weighted by atomic mass is 35.5. The average molecular weight is 656 g/mol. The Kier molecular flexibility index (Phi) is 10.6. The monoisotopic (exact) mass is 655 g/mol. The molecule has 0 aromatic heterocycles. The summed E-state index contributed by atoms with van der Waals surface area (Å²) < 4.78 is 2.36. The zero-order valence-corrected chi connectivity index (χ0v) is 28.9. The van der Waals surface area contributed by atoms with Gasteiger partial charge >= 0.3 is 11.9 Å². The summed E-state index contributed by atoms with van der Waals surface area (Å²) >= 11 is 7.16. The van der Waals surface area contributed by atoms with E-state index in [0.717, 1.165) is 61.4 Å². The normalized spacial score (nSPS) is 20.1. The van der Waals surface area contributed by atoms with Gasteiger partial charge in [-0.2, -0.15) is 4.58 Å². The van der Waals surface area contributed by atoms with Gasteiger partial charge in [0.1, 0.15) is 6.54 Å². The summed E-state index contributed by atoms with van der Waals surface area (Å²) in [5.74, 6) is -1.50. The van der Waals surface area contributed by atoms with Crippen LogP contribution in [0.3, 0.4) is 0 Å². The first-order valence-electron chi connectivity index (χ1n) is 17.0. The van der Waals surface area contributed by atoms with E-state index in [2.05, 4.69) is 110 Å². The van der Waals surface area contributed by atoms with Crippen LogP contribution >= 0.6 is 11.6 Å². The van der Waals surface area contributed by atoms with Crippen LogP contribution in [0.1, 0.15) is 96.6 Å². The number of anilines is 1. The van der Waals surface area contributed by atoms with Crippen LogP contribution in [0.25, 0.3) is 0 Å². The summed E-state index contributed by atoms with van der Waals surface area (Å²) in [6.07, 6.45) is 15.0. The maximum absolute atomic E-state index is 11.1. The highest BCUT2D eigenvalue weighted by Gasteiger charge is 2.44. The number of para-hydroxylation sites is 2. The van der Waals surface area contributed by atoms with Crippen molar-refractivity contribution < 1.29 is 24.4 Å². The van der Waals surface area contributed by atoms with Crippen LogP contribution in [0.5, 0.6) is 0 Å². The number of aliphatic carboxylic acids is 2. The molecule has 2 aliphatic heterocycles. The molecule has 7 heteroatoms. The Morgan fingerprint density at radius 1 is 0.830 bits per heavy atom. The number of hydrogen-bond donors (Lipinski definition) is 2. The zero-order chi connectivity index (χ0) is 33.8. The number of nitrogens with zero attached hydrogens (tertiary/aromatic N) is 2. The van der Waals surface area contributed by atoms with Crippen LogP contribution in [-0.2, 0) is 20.4 Å². The largest absolute Gasteiger partial charge is 0.481 e. The van der Waals surface area contributed by atoms with Gasteiger partial charge in [-0.15, -0.1) is 0 Å². The van der Waals surface area contributed by atoms with Crippen molar-refractivity contribution >= 4 is 40.6 Å². The Balaban J connectivity index is 1.44. The highest BCUT2D eigenvalue weighted by molar-refractivity contribution is 6.32. The number of carboxylic acid groups (broad SMARTS) is 2. The molecule has 1 aliphatic carbocycles. The minimum absolute atomic E-state index is 0.184. The lowest BCUT2D eigenvalue weighted by Crippen LogP contribution is -2.28. The molecule has 0 saturated carbocycles. The van der Waals surface area contributed by atoms with E-state index < -0.39 is 11.9 Å². The van der Waals surface area contributed by atoms with Gasteiger partial charge in [0, 0.05) is 65.3 Å². The molecule has 0 spiro atoms. The minimum Gasteiger partial charge on any atom is -0.481 e. The number of allylic oxidation sites excluding steroid dienone is 8. The van der Waals surface area contributed by atoms with E-state index >= 15 is 0 Å². The lowest BCUT2D eigenvalue weighted by atomic mass is 9.81. The number of fused-ring (bicyclic) bond motifs is 2. The molecule has 0 bridgehead atoms. The molecule has 248 valence electrons. The smallest absolute Gasteiger partial charge is 0.303 e. The van der Waals surface area contributed by atoms with Gasteiger partial charge in [0.15, 0.2) is 5.71 Å². The van der Waals surface area contributed by atoms with Crippen molar-refractivity contribution in [2.75, 3.05) is 18.0 Å². The number of carbonyl (C=O) groups is 2. The topological polar surface area (TPSA) is 80.9 Å². The molecule has 0 unspecified atom stereocenters. The summed E-state index contributed by atoms with van der Waals surface area (Å²) in [4.78, 5) is 24.6. The molecule has 0 fully saturated rings. The Morgan fingerprint density at radius 3 is 2.21 bits per heavy atom. The molecule has 0 atom stereocenters. The fourth-order valence-corrected chi connectivity index (χ4v) is 7.74. The van der Waals surface area contributed by atoms with Gasteiger partial charge in [-0.25, -0.2) is 0 Å². The average Bonchev–Trinajstić information content (AvgIpc) is 3.38. The zero-order valence-electron chi connectivity index (χ0n) is 28.2. The van der Waals surface area contributed by atoms with Crippen molar-refractivity contribution in [3.8, 4) is 0 Å². The van der Waals surface area contributed by atoms with Crippen molar-refractivity contribution in [3.05, 3.63) is 106 Å². The second-order valence-electron chi connectivity index (χ2n) is 13.9. The summed E-state index contributed by atoms with van der Waals surface area (Å²) in [6.45, 7) is 10.6. The van der Waals surface area contributed by atoms with Gasteiger partial charge in [0.2, 0.25) is 5.69 Å². The predicted octanol–water partition coefficient (Wildman–Crippen LogP) is 9.41. The van der Waals surface area contributed by atoms with E-state index in [9.17, 15) is 9.59 Å². The molecule has 2 N–H and O–H groups in total. The third-order valence-corrected chi connectivity index (χ3v) is 10.5. The number of halogens is 1. The van der Waals surface area contributed by atoms with Crippen molar-refractivity contribution in [2.45, 2.75) is 96.3 Å². The molecule has 0 radical (unpaired) electrons. The highest BCUT2D eigenvalue weighted by Crippen LogP contribution is 2.48. The van der Waals surface area contributed by atoms with Crippen LogP contribution in [-0.4, -0.2) is 45.5 Å². The second kappa shape index (κ2) is 14.5. The quantitative estimate of drug-likeness (QED) is 0.166. The first-order valence-corrected chi connectivity index (χ1v) is 17.3. The van der Waals surface area contributed by atoms with Crippen molar-refractivity contribution in [1.82, 2.24) is 0 Å². The Morgan fingerprint density at radius 2 is 1.49 bits per heavy atom. The number of benzene rings is 2. The van der Waals surface area contributed by atoms with E-state index in [1.54, 1.807) is 0 Å². The van der Waals surface area contributed by atoms with Gasteiger partial charge in [-0.3, -0.25) is 9.59 Å². The predicted molar refractivity (Wildman–Crippen MR) is 191 cm³/mol. The second-order valence-corrected chi connectivity index (χ2v) is 14.3. The van der Waals surface area contributed by atoms with Crippen LogP contribution in [0.15, 0.2) is 94.7 Å². The van der Waals surface area contributed by atoms with E-state index in [1.807, 2.05) is 0 Å². The third kappa shape index (κ3) is 7.33. The molecule has 47 heavy (non-hydrogen) atoms. The van der Waals surface area contributed by atoms with Crippen LogP contribution < -0.4 is 4.90 Å². The first-order chi connectivity index (χ1) is 22.4. The molecule has 6 nitrogen and oxygen atoms in total. The fraction of sp³-hybridized carbons (Fsp3) is 0.425. The fourth-order valence-electron chi connectivity index (χ4n) is 7.42. The number of unbranched alkanes of at least 4 members (excludes halogenated alkanes) is 2. The molecule has 2 aromatic carbocycles. The van der Waals surface area contributed by atoms with Crippen molar-refractivity contribution in [1.29, 1.82) is 0 Å². The first kappa shape index (κ1) is 34.4. The minimum atomic E-state index is -0.751. The summed E-state index contributed by atoms with van der Waals surface area (Å²) in [5.41, 5.74) is 9.22. The number of hydrogen-bond acceptors (Lipinski definition) is 3. The molecule has 5 rings (SSSR count). The lowest BCUT2D eigenvalue weighted by molar-refractivity contribution is -0.438. The van der Waals surface area contributed by atoms with Crippen LogP contribution in [0.2, 0.25) is 0 Å². The molecule has 0 amide bonds. The van der Waals surface area contributed by atoms with Crippen LogP contribution in [0, 0.1) is 0 Å². The van der Waals surface area contributed by atoms with Crippen molar-refractivity contribution in [3.63, 3.8) is 0 Å². The summed E-state index contributed by atoms with van der Waals surface area (Å²) in [5, 5.41) is 19.1. The van der Waals surface area contributed by atoms with Gasteiger partial charge in [-0.1, -0.05) is 74.0 Å². The molecular weight excluding hydrogens is 608 g/mol. The Hall–Kier alpha value is -3.90. The number of carboxylic acids is 2. The van der Waals surface area contributed by atoms with E-state index in [1.165, 1.54) is 33.9 Å². The van der Waals surface area contributed by atoms with E-state index in [-0.39, 0.29) is 23.7 Å². The molecular formula is C40H48ClN2O4+. The third-order valence-electron chi connectivity index (χ3n) is 9.98. The van der Waals surface area contributed by atoms with E-state index in [0.29, 0.717) is 12.8 Å². The van der Waals surface area contributed by atoms with Gasteiger partial charge in [-0.05, 0) is 81.2 Å². The van der Waals surface area contributed by atoms with Crippen molar-refractivity contribution in [2.24, 2.45) is 0 Å². The van der Waals surface area contributed by atoms with Crippen LogP contribution in [0.4, 0.5) is 11.4 Å². The van der Waals surface area contributed by atoms with Gasteiger partial charge in [0.05, 0.1) is 5.41 Å². The lowest BCUT2D eigenvalue weighted by Gasteiger charge is -2.27. The standard InChI is InChI=1S/C40H47ClN2O4/c1-39(2)30-16-5-7-18-32(30)42(26-11-9-20-36(44)45)34(39)24-22-28-14-13-15-29(38(28)41)23-25-35-40(3,4)31-17-6-8-19-33(31)43(35)27-12-10-21-37(46)47/h5-8,16-19,22-25H,9-15,20-21,26-27H2,1-4H3,(H-,44,45,46,47)/p+1. The Bertz CT molecular complexity index is 1690. The van der Waals surface area contributed by atoms with E-state index in [4.69, 9.17) is 21.8 Å². The SMILES string of the molecule is CC1(C)C(=CC=C2CCCC(C=CC3=[N+](CCCCC(=O)O)c4ccccc4C3(C)C)=C2Cl)N(CCCCC(=O)O)c2ccccc21. The van der Waals surface area contributed by atoms with Gasteiger partial charge in [0.25, 0.3) is 0 Å². The Labute approximate surface area is 284 Å². The molecule has 0 saturated heterocycles. The molecule has 3 aliphatic rings.